The molecule has 8 rings (SSSR count). The van der Waals surface area contributed by atoms with E-state index in [1.165, 1.54) is 6.07 Å². The van der Waals surface area contributed by atoms with E-state index in [1.807, 2.05) is 128 Å². The molecule has 0 atom stereocenters. The van der Waals surface area contributed by atoms with Gasteiger partial charge in [0.25, 0.3) is 0 Å². The maximum atomic E-state index is 13.6. The Balaban J connectivity index is 0.739. The van der Waals surface area contributed by atoms with Gasteiger partial charge in [-0.25, -0.2) is 4.68 Å². The molecule has 0 saturated heterocycles. The molecule has 286 valence electrons. The molecule has 5 aromatic carbocycles. The van der Waals surface area contributed by atoms with Crippen LogP contribution in [0, 0.1) is 6.92 Å². The van der Waals surface area contributed by atoms with Gasteiger partial charge in [0.05, 0.1) is 48.4 Å². The molecule has 0 aliphatic carbocycles. The van der Waals surface area contributed by atoms with Crippen LogP contribution in [0.1, 0.15) is 24.1 Å². The zero-order valence-corrected chi connectivity index (χ0v) is 31.6. The van der Waals surface area contributed by atoms with Gasteiger partial charge in [0.2, 0.25) is 5.43 Å². The Bertz CT molecular complexity index is 2720. The van der Waals surface area contributed by atoms with Crippen LogP contribution in [-0.2, 0) is 17.7 Å². The minimum atomic E-state index is -0.0637. The molecule has 0 amide bonds. The lowest BCUT2D eigenvalue weighted by atomic mass is 9.98. The highest BCUT2D eigenvalue weighted by molar-refractivity contribution is 5.89. The molecular weight excluding hydrogens is 719 g/mol. The lowest BCUT2D eigenvalue weighted by Gasteiger charge is -2.12. The van der Waals surface area contributed by atoms with Gasteiger partial charge in [-0.3, -0.25) is 9.59 Å². The van der Waals surface area contributed by atoms with Gasteiger partial charge in [0.1, 0.15) is 40.8 Å². The molecule has 8 aromatic rings. The monoisotopic (exact) mass is 759 g/mol. The summed E-state index contributed by atoms with van der Waals surface area (Å²) >= 11 is 0. The Labute approximate surface area is 328 Å². The number of ether oxygens (including phenoxy) is 3. The number of hydrogen-bond donors (Lipinski definition) is 0. The molecule has 0 fully saturated rings. The standard InChI is InChI=1S/C47H41N3O7/c1-32-14-23-43-40(29-32)41(51)30-44(56-43)33-15-19-37(20-16-33)54-25-8-7-11-36-31-50(49-48-36)24-26-53-27-28-55-38-21-17-35(18-22-38)47-45(34-9-3-2-4-10-34)46(52)39-12-5-6-13-42(39)57-47/h2-6,9-10,12-23,29-31H,7-8,11,24-28H2,1H3. The molecule has 0 N–H and O–H groups in total. The van der Waals surface area contributed by atoms with Crippen LogP contribution < -0.4 is 20.3 Å². The van der Waals surface area contributed by atoms with Gasteiger partial charge in [-0.1, -0.05) is 59.3 Å². The SMILES string of the molecule is Cc1ccc2oc(-c3ccc(OCCCCc4cn(CCOCCOc5ccc(-c6oc7ccccc7c(=O)c6-c6ccccc6)cc5)nn4)cc3)cc(=O)c2c1. The highest BCUT2D eigenvalue weighted by atomic mass is 16.5. The van der Waals surface area contributed by atoms with Crippen molar-refractivity contribution in [2.45, 2.75) is 32.7 Å². The fourth-order valence-electron chi connectivity index (χ4n) is 6.68. The first-order chi connectivity index (χ1) is 28.0. The first kappa shape index (κ1) is 37.2. The third-order valence-electron chi connectivity index (χ3n) is 9.64. The number of aromatic nitrogens is 3. The Kier molecular flexibility index (Phi) is 11.3. The molecular formula is C47H41N3O7. The third-order valence-corrected chi connectivity index (χ3v) is 9.64. The summed E-state index contributed by atoms with van der Waals surface area (Å²) in [5.41, 5.74) is 5.90. The first-order valence-corrected chi connectivity index (χ1v) is 19.1. The molecule has 3 heterocycles. The molecule has 0 unspecified atom stereocenters. The van der Waals surface area contributed by atoms with Crippen molar-refractivity contribution in [2.75, 3.05) is 26.4 Å². The van der Waals surface area contributed by atoms with Gasteiger partial charge in [0, 0.05) is 23.4 Å². The van der Waals surface area contributed by atoms with Gasteiger partial charge >= 0.3 is 0 Å². The molecule has 0 bridgehead atoms. The van der Waals surface area contributed by atoms with Gasteiger partial charge in [-0.2, -0.15) is 0 Å². The molecule has 10 nitrogen and oxygen atoms in total. The fourth-order valence-corrected chi connectivity index (χ4v) is 6.68. The molecule has 0 aliphatic heterocycles. The highest BCUT2D eigenvalue weighted by Crippen LogP contribution is 2.33. The molecule has 0 saturated carbocycles. The topological polar surface area (TPSA) is 119 Å². The van der Waals surface area contributed by atoms with Crippen LogP contribution in [0.3, 0.4) is 0 Å². The third kappa shape index (κ3) is 8.87. The smallest absolute Gasteiger partial charge is 0.201 e. The van der Waals surface area contributed by atoms with E-state index >= 15 is 0 Å². The van der Waals surface area contributed by atoms with Crippen LogP contribution in [0.2, 0.25) is 0 Å². The van der Waals surface area contributed by atoms with Gasteiger partial charge < -0.3 is 23.0 Å². The number of aryl methyl sites for hydroxylation is 2. The van der Waals surface area contributed by atoms with Crippen molar-refractivity contribution in [3.63, 3.8) is 0 Å². The Hall–Kier alpha value is -6.78. The number of hydrogen-bond acceptors (Lipinski definition) is 9. The van der Waals surface area contributed by atoms with Crippen molar-refractivity contribution in [3.8, 4) is 45.3 Å². The van der Waals surface area contributed by atoms with Gasteiger partial charge in [0.15, 0.2) is 5.43 Å². The van der Waals surface area contributed by atoms with Crippen molar-refractivity contribution in [1.29, 1.82) is 0 Å². The average molecular weight is 760 g/mol. The quantitative estimate of drug-likeness (QED) is 0.0888. The number of nitrogens with zero attached hydrogens (tertiary/aromatic N) is 3. The van der Waals surface area contributed by atoms with E-state index in [9.17, 15) is 9.59 Å². The number of benzene rings is 5. The van der Waals surface area contributed by atoms with E-state index in [-0.39, 0.29) is 10.9 Å². The molecule has 10 heteroatoms. The van der Waals surface area contributed by atoms with Crippen LogP contribution in [0.5, 0.6) is 11.5 Å². The summed E-state index contributed by atoms with van der Waals surface area (Å²) in [4.78, 5) is 26.2. The summed E-state index contributed by atoms with van der Waals surface area (Å²) in [6.07, 6.45) is 4.54. The normalized spacial score (nSPS) is 11.3. The van der Waals surface area contributed by atoms with Crippen LogP contribution in [0.15, 0.2) is 152 Å². The Morgan fingerprint density at radius 1 is 0.632 bits per heavy atom. The van der Waals surface area contributed by atoms with Crippen molar-refractivity contribution in [2.24, 2.45) is 0 Å². The van der Waals surface area contributed by atoms with Crippen LogP contribution in [-0.4, -0.2) is 41.4 Å². The first-order valence-electron chi connectivity index (χ1n) is 19.1. The fraction of sp³-hybridized carbons (Fsp3) is 0.191. The van der Waals surface area contributed by atoms with Crippen LogP contribution in [0.4, 0.5) is 0 Å². The molecule has 3 aromatic heterocycles. The minimum Gasteiger partial charge on any atom is -0.494 e. The number of unbranched alkanes of at least 4 members (excludes halogenated alkanes) is 1. The zero-order valence-electron chi connectivity index (χ0n) is 31.6. The van der Waals surface area contributed by atoms with Crippen molar-refractivity contribution >= 4 is 21.9 Å². The largest absolute Gasteiger partial charge is 0.494 e. The predicted octanol–water partition coefficient (Wildman–Crippen LogP) is 9.30. The summed E-state index contributed by atoms with van der Waals surface area (Å²) < 4.78 is 31.8. The number of fused-ring (bicyclic) bond motifs is 2. The van der Waals surface area contributed by atoms with Gasteiger partial charge in [-0.05, 0) is 105 Å². The van der Waals surface area contributed by atoms with Crippen LogP contribution >= 0.6 is 0 Å². The molecule has 0 spiro atoms. The van der Waals surface area contributed by atoms with E-state index in [4.69, 9.17) is 23.0 Å². The van der Waals surface area contributed by atoms with Crippen molar-refractivity contribution < 1.29 is 23.0 Å². The second-order valence-electron chi connectivity index (χ2n) is 13.8. The van der Waals surface area contributed by atoms with Crippen LogP contribution in [0.25, 0.3) is 55.7 Å². The summed E-state index contributed by atoms with van der Waals surface area (Å²) in [6.45, 7) is 4.41. The lowest BCUT2D eigenvalue weighted by Crippen LogP contribution is -2.11. The summed E-state index contributed by atoms with van der Waals surface area (Å²) in [7, 11) is 0. The second-order valence-corrected chi connectivity index (χ2v) is 13.8. The van der Waals surface area contributed by atoms with Crippen molar-refractivity contribution in [1.82, 2.24) is 15.0 Å². The molecule has 0 radical (unpaired) electrons. The lowest BCUT2D eigenvalue weighted by molar-refractivity contribution is 0.0923. The average Bonchev–Trinajstić information content (AvgIpc) is 3.70. The Morgan fingerprint density at radius 2 is 1.35 bits per heavy atom. The van der Waals surface area contributed by atoms with Crippen molar-refractivity contribution in [3.05, 3.63) is 165 Å². The zero-order chi connectivity index (χ0) is 39.0. The minimum absolute atomic E-state index is 0.0550. The number of rotatable bonds is 16. The van der Waals surface area contributed by atoms with E-state index in [0.29, 0.717) is 77.7 Å². The maximum absolute atomic E-state index is 13.6. The Morgan fingerprint density at radius 3 is 2.16 bits per heavy atom. The summed E-state index contributed by atoms with van der Waals surface area (Å²) in [5, 5.41) is 9.68. The molecule has 0 aliphatic rings. The van der Waals surface area contributed by atoms with E-state index in [0.717, 1.165) is 53.0 Å². The maximum Gasteiger partial charge on any atom is 0.201 e. The van der Waals surface area contributed by atoms with E-state index in [1.54, 1.807) is 10.7 Å². The van der Waals surface area contributed by atoms with E-state index < -0.39 is 0 Å². The summed E-state index contributed by atoms with van der Waals surface area (Å²) in [5.74, 6) is 2.51. The van der Waals surface area contributed by atoms with E-state index in [2.05, 4.69) is 10.3 Å². The highest BCUT2D eigenvalue weighted by Gasteiger charge is 2.18. The molecule has 57 heavy (non-hydrogen) atoms. The number of para-hydroxylation sites is 1. The van der Waals surface area contributed by atoms with Gasteiger partial charge in [-0.15, -0.1) is 5.10 Å². The predicted molar refractivity (Wildman–Crippen MR) is 221 cm³/mol. The second kappa shape index (κ2) is 17.3. The summed E-state index contributed by atoms with van der Waals surface area (Å²) in [6, 6.07) is 39.2.